The van der Waals surface area contributed by atoms with E-state index < -0.39 is 49.0 Å². The van der Waals surface area contributed by atoms with Crippen LogP contribution in [0.4, 0.5) is 0 Å². The van der Waals surface area contributed by atoms with E-state index in [1.165, 1.54) is 0 Å². The van der Waals surface area contributed by atoms with Crippen molar-refractivity contribution < 1.29 is 25.3 Å². The van der Waals surface area contributed by atoms with Gasteiger partial charge in [-0.05, 0) is 45.4 Å². The Morgan fingerprint density at radius 1 is 1.33 bits per heavy atom. The number of rotatable bonds is 8. The number of amides is 1. The fraction of sp³-hybridized carbons (Fsp3) is 0.882. The lowest BCUT2D eigenvalue weighted by atomic mass is 9.93. The van der Waals surface area contributed by atoms with Crippen LogP contribution in [0.2, 0.25) is 0 Å². The van der Waals surface area contributed by atoms with Crippen LogP contribution in [-0.2, 0) is 14.3 Å². The molecule has 0 aromatic rings. The zero-order valence-corrected chi connectivity index (χ0v) is 13.8. The van der Waals surface area contributed by atoms with Crippen LogP contribution >= 0.6 is 0 Å². The summed E-state index contributed by atoms with van der Waals surface area (Å²) in [5, 5.41) is 1.89. The minimum Gasteiger partial charge on any atom is -0.460 e. The van der Waals surface area contributed by atoms with Crippen LogP contribution < -0.4 is 5.32 Å². The van der Waals surface area contributed by atoms with Crippen LogP contribution in [-0.4, -0.2) is 24.0 Å². The van der Waals surface area contributed by atoms with E-state index in [1.807, 2.05) is 5.32 Å². The van der Waals surface area contributed by atoms with Gasteiger partial charge >= 0.3 is 5.97 Å². The molecule has 0 heterocycles. The van der Waals surface area contributed by atoms with E-state index in [-0.39, 0.29) is 18.8 Å². The maximum Gasteiger partial charge on any atom is 0.307 e. The van der Waals surface area contributed by atoms with Crippen LogP contribution in [0.25, 0.3) is 0 Å². The lowest BCUT2D eigenvalue weighted by Gasteiger charge is -2.23. The Morgan fingerprint density at radius 3 is 2.43 bits per heavy atom. The van der Waals surface area contributed by atoms with Crippen molar-refractivity contribution in [1.82, 2.24) is 5.32 Å². The molecular formula is C17H33NO3. The zero-order chi connectivity index (χ0) is 23.6. The third-order valence-corrected chi connectivity index (χ3v) is 2.40. The summed E-state index contributed by atoms with van der Waals surface area (Å²) in [5.41, 5.74) is -0.769. The molecule has 0 aliphatic rings. The van der Waals surface area contributed by atoms with Crippen molar-refractivity contribution in [3.8, 4) is 0 Å². The van der Waals surface area contributed by atoms with Gasteiger partial charge in [0.15, 0.2) is 0 Å². The summed E-state index contributed by atoms with van der Waals surface area (Å²) < 4.78 is 67.1. The zero-order valence-electron chi connectivity index (χ0n) is 21.8. The fourth-order valence-electron chi connectivity index (χ4n) is 1.73. The Labute approximate surface area is 141 Å². The minimum absolute atomic E-state index is 0.0281. The molecule has 0 rings (SSSR count). The van der Waals surface area contributed by atoms with E-state index in [0.29, 0.717) is 0 Å². The van der Waals surface area contributed by atoms with Crippen LogP contribution in [0.5, 0.6) is 0 Å². The maximum atomic E-state index is 12.7. The highest BCUT2D eigenvalue weighted by Crippen LogP contribution is 2.19. The van der Waals surface area contributed by atoms with Crippen molar-refractivity contribution in [2.75, 3.05) is 6.50 Å². The molecule has 1 amide bonds. The quantitative estimate of drug-likeness (QED) is 0.698. The van der Waals surface area contributed by atoms with Gasteiger partial charge in [0.2, 0.25) is 5.91 Å². The lowest BCUT2D eigenvalue weighted by Crippen LogP contribution is -2.35. The molecular weight excluding hydrogens is 266 g/mol. The van der Waals surface area contributed by atoms with Gasteiger partial charge in [-0.15, -0.1) is 0 Å². The van der Waals surface area contributed by atoms with E-state index in [4.69, 9.17) is 15.7 Å². The van der Waals surface area contributed by atoms with E-state index in [2.05, 4.69) is 0 Å². The molecule has 0 aliphatic carbocycles. The molecule has 0 saturated carbocycles. The SMILES string of the molecule is [2H]C([2H])([2H])C([2H])(C)C([2H])([2H])C([2H])([2H])NC(=O)[C@@H](CC(=O)OC(C)(C)C)CC(C)C. The van der Waals surface area contributed by atoms with Crippen molar-refractivity contribution in [1.29, 1.82) is 0 Å². The van der Waals surface area contributed by atoms with Crippen molar-refractivity contribution in [3.63, 3.8) is 0 Å². The van der Waals surface area contributed by atoms with Gasteiger partial charge in [0, 0.05) is 23.4 Å². The number of hydrogen-bond acceptors (Lipinski definition) is 3. The first-order valence-electron chi connectivity index (χ1n) is 11.1. The molecule has 0 aromatic heterocycles. The van der Waals surface area contributed by atoms with Gasteiger partial charge in [0.25, 0.3) is 0 Å². The van der Waals surface area contributed by atoms with Gasteiger partial charge in [0.1, 0.15) is 5.60 Å². The van der Waals surface area contributed by atoms with Gasteiger partial charge in [-0.3, -0.25) is 9.59 Å². The van der Waals surface area contributed by atoms with Crippen molar-refractivity contribution in [2.24, 2.45) is 17.7 Å². The Kier molecular flexibility index (Phi) is 4.25. The summed E-state index contributed by atoms with van der Waals surface area (Å²) in [6.45, 7) is 3.06. The second-order valence-electron chi connectivity index (χ2n) is 6.48. The monoisotopic (exact) mass is 307 g/mol. The molecule has 4 nitrogen and oxygen atoms in total. The molecule has 0 bridgehead atoms. The van der Waals surface area contributed by atoms with Gasteiger partial charge < -0.3 is 10.1 Å². The highest BCUT2D eigenvalue weighted by Gasteiger charge is 2.26. The Balaban J connectivity index is 5.64. The fourth-order valence-corrected chi connectivity index (χ4v) is 1.73. The van der Waals surface area contributed by atoms with Crippen LogP contribution in [0.1, 0.15) is 78.6 Å². The van der Waals surface area contributed by atoms with Gasteiger partial charge in [-0.25, -0.2) is 0 Å². The summed E-state index contributed by atoms with van der Waals surface area (Å²) in [4.78, 5) is 24.8. The largest absolute Gasteiger partial charge is 0.460 e. The Hall–Kier alpha value is -1.06. The summed E-state index contributed by atoms with van der Waals surface area (Å²) in [6, 6.07) is 0. The van der Waals surface area contributed by atoms with Crippen molar-refractivity contribution in [2.45, 2.75) is 73.2 Å². The smallest absolute Gasteiger partial charge is 0.307 e. The normalized spacial score (nSPS) is 23.8. The molecule has 124 valence electrons. The molecule has 1 unspecified atom stereocenters. The predicted octanol–water partition coefficient (Wildman–Crippen LogP) is 3.54. The molecule has 0 radical (unpaired) electrons. The van der Waals surface area contributed by atoms with Crippen LogP contribution in [0.15, 0.2) is 0 Å². The van der Waals surface area contributed by atoms with E-state index in [9.17, 15) is 9.59 Å². The first kappa shape index (κ1) is 9.86. The second kappa shape index (κ2) is 9.06. The van der Waals surface area contributed by atoms with E-state index in [1.54, 1.807) is 34.6 Å². The number of esters is 1. The highest BCUT2D eigenvalue weighted by atomic mass is 16.6. The number of hydrogen-bond donors (Lipinski definition) is 1. The topological polar surface area (TPSA) is 55.4 Å². The molecule has 4 heteroatoms. The van der Waals surface area contributed by atoms with Gasteiger partial charge in [0.05, 0.1) is 6.42 Å². The number of nitrogens with one attached hydrogen (secondary N) is 1. The average Bonchev–Trinajstić information content (AvgIpc) is 2.41. The molecule has 2 atom stereocenters. The summed E-state index contributed by atoms with van der Waals surface area (Å²) in [5.74, 6) is -5.47. The Morgan fingerprint density at radius 2 is 1.95 bits per heavy atom. The molecule has 1 N–H and O–H groups in total. The third kappa shape index (κ3) is 11.3. The first-order chi connectivity index (χ1) is 12.5. The van der Waals surface area contributed by atoms with Gasteiger partial charge in [-0.1, -0.05) is 27.6 Å². The summed E-state index contributed by atoms with van der Waals surface area (Å²) in [6.07, 6.45) is -3.38. The maximum absolute atomic E-state index is 12.7. The summed E-state index contributed by atoms with van der Waals surface area (Å²) in [7, 11) is 0. The molecule has 21 heavy (non-hydrogen) atoms. The molecule has 0 aromatic carbocycles. The molecule has 0 spiro atoms. The number of carbonyl (C=O) groups is 2. The second-order valence-corrected chi connectivity index (χ2v) is 6.48. The minimum atomic E-state index is -3.25. The van der Waals surface area contributed by atoms with Crippen molar-refractivity contribution in [3.05, 3.63) is 0 Å². The molecule has 0 aliphatic heterocycles. The van der Waals surface area contributed by atoms with Gasteiger partial charge in [-0.2, -0.15) is 0 Å². The summed E-state index contributed by atoms with van der Waals surface area (Å²) >= 11 is 0. The molecule has 0 fully saturated rings. The van der Waals surface area contributed by atoms with Crippen LogP contribution in [0, 0.1) is 17.7 Å². The number of ether oxygens (including phenoxy) is 1. The third-order valence-electron chi connectivity index (χ3n) is 2.40. The van der Waals surface area contributed by atoms with Crippen molar-refractivity contribution >= 4 is 11.9 Å². The van der Waals surface area contributed by atoms with E-state index >= 15 is 0 Å². The predicted molar refractivity (Wildman–Crippen MR) is 85.9 cm³/mol. The lowest BCUT2D eigenvalue weighted by molar-refractivity contribution is -0.157. The number of carbonyl (C=O) groups excluding carboxylic acids is 2. The average molecular weight is 308 g/mol. The first-order valence-corrected chi connectivity index (χ1v) is 7.09. The molecule has 0 saturated heterocycles. The Bertz CT molecular complexity index is 594. The highest BCUT2D eigenvalue weighted by molar-refractivity contribution is 5.83. The standard InChI is InChI=1S/C17H33NO3/c1-12(2)8-9-18-16(20)14(10-13(3)4)11-15(19)21-17(5,6)7/h12-14H,8-11H2,1-7H3,(H,18,20)/t14-/m1/s1/i1D3,8D2,9D2,12D/t12?,14-. The van der Waals surface area contributed by atoms with E-state index in [0.717, 1.165) is 6.92 Å². The van der Waals surface area contributed by atoms with Crippen LogP contribution in [0.3, 0.4) is 0 Å².